The lowest BCUT2D eigenvalue weighted by Crippen LogP contribution is -2.29. The third kappa shape index (κ3) is 4.14. The van der Waals surface area contributed by atoms with Crippen LogP contribution in [0.5, 0.6) is 5.75 Å². The van der Waals surface area contributed by atoms with E-state index in [1.807, 2.05) is 30.3 Å². The smallest absolute Gasteiger partial charge is 0.339 e. The van der Waals surface area contributed by atoms with Gasteiger partial charge in [0.2, 0.25) is 0 Å². The molecule has 9 heteroatoms. The van der Waals surface area contributed by atoms with Gasteiger partial charge in [-0.1, -0.05) is 41.9 Å². The van der Waals surface area contributed by atoms with Crippen LogP contribution in [0.1, 0.15) is 11.1 Å². The maximum Gasteiger partial charge on any atom is 0.339 e. The van der Waals surface area contributed by atoms with Crippen molar-refractivity contribution in [1.29, 1.82) is 0 Å². The second-order valence-electron chi connectivity index (χ2n) is 6.57. The van der Waals surface area contributed by atoms with Crippen LogP contribution in [0.15, 0.2) is 81.2 Å². The monoisotopic (exact) mass is 442 g/mol. The lowest BCUT2D eigenvalue weighted by molar-refractivity contribution is 0.483. The van der Waals surface area contributed by atoms with E-state index >= 15 is 0 Å². The van der Waals surface area contributed by atoms with E-state index in [1.165, 1.54) is 24.3 Å². The van der Waals surface area contributed by atoms with E-state index in [4.69, 9.17) is 15.8 Å². The number of hydrogen-bond acceptors (Lipinski definition) is 5. The van der Waals surface area contributed by atoms with Crippen molar-refractivity contribution in [2.45, 2.75) is 11.3 Å². The van der Waals surface area contributed by atoms with Crippen molar-refractivity contribution < 1.29 is 12.6 Å². The molecule has 0 bridgehead atoms. The molecule has 0 aliphatic rings. The molecule has 0 radical (unpaired) electrons. The van der Waals surface area contributed by atoms with Crippen molar-refractivity contribution in [2.75, 3.05) is 0 Å². The van der Waals surface area contributed by atoms with Gasteiger partial charge in [0, 0.05) is 17.0 Å². The van der Waals surface area contributed by atoms with Crippen LogP contribution in [0.25, 0.3) is 11.0 Å². The number of benzene rings is 3. The standard InChI is InChI=1S/C21H15ClN2O5S/c22-15-6-9-19(14(11-15)10-13-4-2-1-3-5-13)29-30(27,28)16-7-8-17-18(12-16)24-21(26)20(25)23-17/h1-9,11-12H,10H2,(H,23,25)(H,24,26). The molecule has 0 saturated heterocycles. The first-order valence-corrected chi connectivity index (χ1v) is 10.6. The Balaban J connectivity index is 1.71. The van der Waals surface area contributed by atoms with E-state index in [1.54, 1.807) is 12.1 Å². The Hall–Kier alpha value is -3.36. The molecule has 30 heavy (non-hydrogen) atoms. The second-order valence-corrected chi connectivity index (χ2v) is 8.55. The third-order valence-corrected chi connectivity index (χ3v) is 5.91. The van der Waals surface area contributed by atoms with Crippen molar-refractivity contribution in [2.24, 2.45) is 0 Å². The number of aromatic amines is 2. The van der Waals surface area contributed by atoms with E-state index < -0.39 is 21.2 Å². The van der Waals surface area contributed by atoms with E-state index in [9.17, 15) is 18.0 Å². The summed E-state index contributed by atoms with van der Waals surface area (Å²) in [6.45, 7) is 0. The molecule has 3 aromatic carbocycles. The minimum absolute atomic E-state index is 0.151. The number of halogens is 1. The molecule has 1 aromatic heterocycles. The SMILES string of the molecule is O=c1[nH]c2ccc(S(=O)(=O)Oc3ccc(Cl)cc3Cc3ccccc3)cc2[nH]c1=O. The number of aromatic nitrogens is 2. The maximum atomic E-state index is 12.9. The summed E-state index contributed by atoms with van der Waals surface area (Å²) in [5.74, 6) is 0.151. The topological polar surface area (TPSA) is 109 Å². The van der Waals surface area contributed by atoms with Gasteiger partial charge in [0.1, 0.15) is 10.6 Å². The Morgan fingerprint density at radius 2 is 1.53 bits per heavy atom. The van der Waals surface area contributed by atoms with Crippen molar-refractivity contribution in [3.05, 3.63) is 104 Å². The van der Waals surface area contributed by atoms with Crippen molar-refractivity contribution in [3.8, 4) is 5.75 Å². The average Bonchev–Trinajstić information content (AvgIpc) is 2.71. The molecule has 0 fully saturated rings. The normalized spacial score (nSPS) is 11.5. The highest BCUT2D eigenvalue weighted by atomic mass is 35.5. The van der Waals surface area contributed by atoms with Gasteiger partial charge >= 0.3 is 21.2 Å². The van der Waals surface area contributed by atoms with Crippen LogP contribution in [0.4, 0.5) is 0 Å². The highest BCUT2D eigenvalue weighted by Crippen LogP contribution is 2.28. The third-order valence-electron chi connectivity index (χ3n) is 4.44. The molecule has 4 rings (SSSR count). The van der Waals surface area contributed by atoms with Crippen molar-refractivity contribution in [3.63, 3.8) is 0 Å². The van der Waals surface area contributed by atoms with E-state index in [2.05, 4.69) is 9.97 Å². The number of fused-ring (bicyclic) bond motifs is 1. The zero-order valence-electron chi connectivity index (χ0n) is 15.4. The number of nitrogens with one attached hydrogen (secondary N) is 2. The first kappa shape index (κ1) is 19.9. The molecule has 0 aliphatic heterocycles. The number of rotatable bonds is 5. The van der Waals surface area contributed by atoms with Crippen molar-refractivity contribution >= 4 is 32.8 Å². The van der Waals surface area contributed by atoms with Crippen molar-refractivity contribution in [1.82, 2.24) is 9.97 Å². The van der Waals surface area contributed by atoms with E-state index in [0.29, 0.717) is 22.5 Å². The molecular weight excluding hydrogens is 428 g/mol. The fourth-order valence-electron chi connectivity index (χ4n) is 3.00. The van der Waals surface area contributed by atoms with Gasteiger partial charge in [0.15, 0.2) is 0 Å². The lowest BCUT2D eigenvalue weighted by atomic mass is 10.0. The van der Waals surface area contributed by atoms with Crippen LogP contribution in [0.2, 0.25) is 5.02 Å². The fourth-order valence-corrected chi connectivity index (χ4v) is 4.19. The molecule has 0 spiro atoms. The van der Waals surface area contributed by atoms with Gasteiger partial charge in [-0.2, -0.15) is 8.42 Å². The summed E-state index contributed by atoms with van der Waals surface area (Å²) in [5, 5.41) is 0.456. The Kier molecular flexibility index (Phi) is 5.19. The molecule has 0 amide bonds. The molecule has 152 valence electrons. The summed E-state index contributed by atoms with van der Waals surface area (Å²) >= 11 is 6.10. The zero-order chi connectivity index (χ0) is 21.3. The first-order chi connectivity index (χ1) is 14.3. The molecule has 0 saturated carbocycles. The van der Waals surface area contributed by atoms with Crippen LogP contribution >= 0.6 is 11.6 Å². The van der Waals surface area contributed by atoms with Gasteiger partial charge in [-0.3, -0.25) is 9.59 Å². The molecule has 0 atom stereocenters. The fraction of sp³-hybridized carbons (Fsp3) is 0.0476. The summed E-state index contributed by atoms with van der Waals surface area (Å²) in [5.41, 5.74) is 0.353. The van der Waals surface area contributed by atoms with Crippen LogP contribution in [-0.4, -0.2) is 18.4 Å². The quantitative estimate of drug-likeness (QED) is 0.364. The Bertz CT molecular complexity index is 1460. The predicted molar refractivity (Wildman–Crippen MR) is 114 cm³/mol. The second kappa shape index (κ2) is 7.81. The minimum atomic E-state index is -4.21. The number of hydrogen-bond donors (Lipinski definition) is 2. The maximum absolute atomic E-state index is 12.9. The summed E-state index contributed by atoms with van der Waals surface area (Å²) in [4.78, 5) is 27.5. The summed E-state index contributed by atoms with van der Waals surface area (Å²) in [7, 11) is -4.21. The Labute approximate surface area is 176 Å². The van der Waals surface area contributed by atoms with Gasteiger partial charge in [0.05, 0.1) is 11.0 Å². The zero-order valence-corrected chi connectivity index (χ0v) is 17.0. The average molecular weight is 443 g/mol. The highest BCUT2D eigenvalue weighted by molar-refractivity contribution is 7.87. The van der Waals surface area contributed by atoms with Gasteiger partial charge in [0.25, 0.3) is 0 Å². The molecule has 0 unspecified atom stereocenters. The van der Waals surface area contributed by atoms with Gasteiger partial charge in [-0.05, 0) is 42.0 Å². The summed E-state index contributed by atoms with van der Waals surface area (Å²) in [6, 6.07) is 18.1. The minimum Gasteiger partial charge on any atom is -0.379 e. The highest BCUT2D eigenvalue weighted by Gasteiger charge is 2.20. The van der Waals surface area contributed by atoms with Crippen LogP contribution in [0, 0.1) is 0 Å². The molecule has 0 aliphatic carbocycles. The van der Waals surface area contributed by atoms with Gasteiger partial charge < -0.3 is 14.2 Å². The summed E-state index contributed by atoms with van der Waals surface area (Å²) in [6.07, 6.45) is 0.429. The molecule has 7 nitrogen and oxygen atoms in total. The Morgan fingerprint density at radius 1 is 0.833 bits per heavy atom. The van der Waals surface area contributed by atoms with Gasteiger partial charge in [-0.25, -0.2) is 0 Å². The van der Waals surface area contributed by atoms with Crippen LogP contribution in [-0.2, 0) is 16.5 Å². The van der Waals surface area contributed by atoms with Crippen LogP contribution < -0.4 is 15.3 Å². The molecule has 2 N–H and O–H groups in total. The van der Waals surface area contributed by atoms with E-state index in [-0.39, 0.29) is 16.2 Å². The largest absolute Gasteiger partial charge is 0.379 e. The molecule has 4 aromatic rings. The number of H-pyrrole nitrogens is 2. The first-order valence-electron chi connectivity index (χ1n) is 8.85. The molecular formula is C21H15ClN2O5S. The van der Waals surface area contributed by atoms with Gasteiger partial charge in [-0.15, -0.1) is 0 Å². The lowest BCUT2D eigenvalue weighted by Gasteiger charge is -2.12. The Morgan fingerprint density at radius 3 is 2.27 bits per heavy atom. The summed E-state index contributed by atoms with van der Waals surface area (Å²) < 4.78 is 31.1. The predicted octanol–water partition coefficient (Wildman–Crippen LogP) is 3.23. The van der Waals surface area contributed by atoms with Crippen LogP contribution in [0.3, 0.4) is 0 Å². The van der Waals surface area contributed by atoms with E-state index in [0.717, 1.165) is 5.56 Å². The molecule has 1 heterocycles.